The van der Waals surface area contributed by atoms with Crippen molar-refractivity contribution in [3.05, 3.63) is 23.5 Å². The molecule has 0 saturated heterocycles. The Hall–Kier alpha value is -0.140. The van der Waals surface area contributed by atoms with E-state index in [0.717, 1.165) is 0 Å². The molecule has 0 atom stereocenters. The lowest BCUT2D eigenvalue weighted by molar-refractivity contribution is 1.41. The molecule has 3 heteroatoms. The monoisotopic (exact) mass is 137 g/mol. The minimum Gasteiger partial charge on any atom is -0.352 e. The van der Waals surface area contributed by atoms with Crippen LogP contribution in [0.15, 0.2) is 18.3 Å². The second-order valence-corrected chi connectivity index (χ2v) is 1.43. The van der Waals surface area contributed by atoms with Crippen molar-refractivity contribution in [1.29, 1.82) is 0 Å². The molecule has 1 nitrogen and oxygen atoms in total. The Morgan fingerprint density at radius 2 is 2.29 bits per heavy atom. The number of nitrogens with one attached hydrogen (secondary N) is 1. The van der Waals surface area contributed by atoms with Gasteiger partial charge in [-0.05, 0) is 12.1 Å². The van der Waals surface area contributed by atoms with Crippen LogP contribution in [-0.4, -0.2) is 4.98 Å². The molecule has 1 heterocycles. The molecular weight excluding hydrogens is 133 g/mol. The Bertz CT molecular complexity index is 113. The standard InChI is InChI=1S/C4H4ClN.ClH/c5-4-2-1-3-6-4;/h1-3,6H;1H. The Morgan fingerprint density at radius 1 is 1.57 bits per heavy atom. The van der Waals surface area contributed by atoms with Crippen LogP contribution < -0.4 is 0 Å². The number of rotatable bonds is 0. The van der Waals surface area contributed by atoms with E-state index in [1.165, 1.54) is 0 Å². The van der Waals surface area contributed by atoms with Crippen LogP contribution >= 0.6 is 24.0 Å². The van der Waals surface area contributed by atoms with E-state index < -0.39 is 0 Å². The van der Waals surface area contributed by atoms with Crippen LogP contribution in [0.2, 0.25) is 5.15 Å². The molecule has 0 fully saturated rings. The second-order valence-electron chi connectivity index (χ2n) is 1.02. The van der Waals surface area contributed by atoms with Gasteiger partial charge in [-0.2, -0.15) is 0 Å². The van der Waals surface area contributed by atoms with Crippen LogP contribution in [0.4, 0.5) is 0 Å². The Balaban J connectivity index is 0.000000360. The first-order valence-electron chi connectivity index (χ1n) is 1.68. The number of aromatic nitrogens is 1. The van der Waals surface area contributed by atoms with Crippen LogP contribution in [0.5, 0.6) is 0 Å². The van der Waals surface area contributed by atoms with Crippen molar-refractivity contribution >= 4 is 24.0 Å². The molecule has 40 valence electrons. The molecule has 0 aromatic carbocycles. The number of halogens is 2. The molecule has 0 aliphatic heterocycles. The molecule has 0 amide bonds. The summed E-state index contributed by atoms with van der Waals surface area (Å²) in [6.45, 7) is 0. The van der Waals surface area contributed by atoms with Gasteiger partial charge in [-0.1, -0.05) is 11.6 Å². The van der Waals surface area contributed by atoms with Crippen molar-refractivity contribution in [2.45, 2.75) is 0 Å². The molecule has 0 saturated carbocycles. The fourth-order valence-electron chi connectivity index (χ4n) is 0.308. The largest absolute Gasteiger partial charge is 0.352 e. The van der Waals surface area contributed by atoms with Gasteiger partial charge in [-0.15, -0.1) is 12.4 Å². The fourth-order valence-corrected chi connectivity index (χ4v) is 0.444. The van der Waals surface area contributed by atoms with Crippen molar-refractivity contribution in [1.82, 2.24) is 4.98 Å². The van der Waals surface area contributed by atoms with Gasteiger partial charge in [-0.25, -0.2) is 0 Å². The number of hydrogen-bond acceptors (Lipinski definition) is 0. The lowest BCUT2D eigenvalue weighted by Crippen LogP contribution is -1.49. The van der Waals surface area contributed by atoms with Gasteiger partial charge >= 0.3 is 0 Å². The number of aromatic amines is 1. The molecule has 0 spiro atoms. The highest BCUT2D eigenvalue weighted by atomic mass is 35.5. The highest BCUT2D eigenvalue weighted by Crippen LogP contribution is 1.99. The molecule has 1 aromatic rings. The third-order valence-corrected chi connectivity index (χ3v) is 0.795. The summed E-state index contributed by atoms with van der Waals surface area (Å²) < 4.78 is 0. The summed E-state index contributed by atoms with van der Waals surface area (Å²) in [6.07, 6.45) is 1.78. The smallest absolute Gasteiger partial charge is 0.106 e. The first-order valence-corrected chi connectivity index (χ1v) is 2.06. The van der Waals surface area contributed by atoms with Crippen molar-refractivity contribution < 1.29 is 0 Å². The van der Waals surface area contributed by atoms with Crippen LogP contribution in [-0.2, 0) is 0 Å². The SMILES string of the molecule is Cl.Clc1ccc[nH]1. The van der Waals surface area contributed by atoms with Crippen LogP contribution in [0.1, 0.15) is 0 Å². The van der Waals surface area contributed by atoms with Crippen molar-refractivity contribution in [3.63, 3.8) is 0 Å². The molecular formula is C4H5Cl2N. The topological polar surface area (TPSA) is 15.8 Å². The van der Waals surface area contributed by atoms with Crippen molar-refractivity contribution in [2.24, 2.45) is 0 Å². The van der Waals surface area contributed by atoms with E-state index >= 15 is 0 Å². The molecule has 1 rings (SSSR count). The molecule has 0 aliphatic rings. The predicted octanol–water partition coefficient (Wildman–Crippen LogP) is 2.09. The predicted molar refractivity (Wildman–Crippen MR) is 33.1 cm³/mol. The maximum atomic E-state index is 5.40. The van der Waals surface area contributed by atoms with E-state index in [1.807, 2.05) is 6.07 Å². The van der Waals surface area contributed by atoms with Gasteiger partial charge in [0.2, 0.25) is 0 Å². The summed E-state index contributed by atoms with van der Waals surface area (Å²) in [5, 5.41) is 0.690. The van der Waals surface area contributed by atoms with Gasteiger partial charge < -0.3 is 4.98 Å². The summed E-state index contributed by atoms with van der Waals surface area (Å²) in [5.41, 5.74) is 0. The van der Waals surface area contributed by atoms with E-state index in [9.17, 15) is 0 Å². The zero-order valence-corrected chi connectivity index (χ0v) is 5.09. The van der Waals surface area contributed by atoms with Crippen LogP contribution in [0, 0.1) is 0 Å². The lowest BCUT2D eigenvalue weighted by atomic mass is 10.7. The Labute approximate surface area is 53.1 Å². The van der Waals surface area contributed by atoms with E-state index in [1.54, 1.807) is 12.3 Å². The summed E-state index contributed by atoms with van der Waals surface area (Å²) in [6, 6.07) is 3.64. The first kappa shape index (κ1) is 6.86. The number of H-pyrrole nitrogens is 1. The van der Waals surface area contributed by atoms with Gasteiger partial charge in [0.15, 0.2) is 0 Å². The zero-order valence-electron chi connectivity index (χ0n) is 3.52. The Morgan fingerprint density at radius 3 is 2.43 bits per heavy atom. The second kappa shape index (κ2) is 2.94. The van der Waals surface area contributed by atoms with E-state index in [0.29, 0.717) is 5.15 Å². The molecule has 0 radical (unpaired) electrons. The minimum absolute atomic E-state index is 0. The summed E-state index contributed by atoms with van der Waals surface area (Å²) in [4.78, 5) is 2.77. The van der Waals surface area contributed by atoms with Gasteiger partial charge in [0.05, 0.1) is 0 Å². The molecule has 0 unspecified atom stereocenters. The third-order valence-electron chi connectivity index (χ3n) is 0.560. The summed E-state index contributed by atoms with van der Waals surface area (Å²) in [5.74, 6) is 0. The quantitative estimate of drug-likeness (QED) is 0.564. The number of hydrogen-bond donors (Lipinski definition) is 1. The van der Waals surface area contributed by atoms with Gasteiger partial charge in [0, 0.05) is 6.20 Å². The lowest BCUT2D eigenvalue weighted by Gasteiger charge is -1.66. The van der Waals surface area contributed by atoms with Crippen molar-refractivity contribution in [2.75, 3.05) is 0 Å². The van der Waals surface area contributed by atoms with Crippen LogP contribution in [0.25, 0.3) is 0 Å². The molecule has 1 aromatic heterocycles. The maximum absolute atomic E-state index is 5.40. The van der Waals surface area contributed by atoms with Crippen molar-refractivity contribution in [3.8, 4) is 0 Å². The maximum Gasteiger partial charge on any atom is 0.106 e. The molecule has 0 bridgehead atoms. The van der Waals surface area contributed by atoms with E-state index in [4.69, 9.17) is 11.6 Å². The molecule has 7 heavy (non-hydrogen) atoms. The van der Waals surface area contributed by atoms with Gasteiger partial charge in [-0.3, -0.25) is 0 Å². The van der Waals surface area contributed by atoms with E-state index in [-0.39, 0.29) is 12.4 Å². The summed E-state index contributed by atoms with van der Waals surface area (Å²) >= 11 is 5.40. The molecule has 0 aliphatic carbocycles. The van der Waals surface area contributed by atoms with Gasteiger partial charge in [0.25, 0.3) is 0 Å². The Kier molecular flexibility index (Phi) is 2.88. The van der Waals surface area contributed by atoms with Gasteiger partial charge in [0.1, 0.15) is 5.15 Å². The minimum atomic E-state index is 0. The third kappa shape index (κ3) is 1.86. The fraction of sp³-hybridized carbons (Fsp3) is 0. The highest BCUT2D eigenvalue weighted by molar-refractivity contribution is 6.29. The average Bonchev–Trinajstić information content (AvgIpc) is 1.86. The van der Waals surface area contributed by atoms with Crippen LogP contribution in [0.3, 0.4) is 0 Å². The average molecular weight is 138 g/mol. The first-order chi connectivity index (χ1) is 2.89. The van der Waals surface area contributed by atoms with E-state index in [2.05, 4.69) is 4.98 Å². The summed E-state index contributed by atoms with van der Waals surface area (Å²) in [7, 11) is 0. The molecule has 1 N–H and O–H groups in total. The zero-order chi connectivity index (χ0) is 4.41. The highest BCUT2D eigenvalue weighted by Gasteiger charge is 1.75. The normalized spacial score (nSPS) is 7.57.